The first kappa shape index (κ1) is 25.7. The van der Waals surface area contributed by atoms with Gasteiger partial charge in [0.05, 0.1) is 24.2 Å². The minimum absolute atomic E-state index is 0.00698. The zero-order valence-corrected chi connectivity index (χ0v) is 22.7. The van der Waals surface area contributed by atoms with Crippen LogP contribution < -0.4 is 0 Å². The van der Waals surface area contributed by atoms with Gasteiger partial charge < -0.3 is 20.4 Å². The fourth-order valence-corrected chi connectivity index (χ4v) is 10.8. The van der Waals surface area contributed by atoms with Gasteiger partial charge >= 0.3 is 5.97 Å². The average Bonchev–Trinajstić information content (AvgIpc) is 2.77. The molecule has 4 N–H and O–H groups in total. The lowest BCUT2D eigenvalue weighted by molar-refractivity contribution is -0.243. The molecule has 0 bridgehead atoms. The Morgan fingerprint density at radius 3 is 2.23 bits per heavy atom. The van der Waals surface area contributed by atoms with Crippen molar-refractivity contribution in [1.82, 2.24) is 0 Å². The molecule has 0 heterocycles. The third-order valence-electron chi connectivity index (χ3n) is 13.2. The van der Waals surface area contributed by atoms with Crippen LogP contribution in [0.1, 0.15) is 99.3 Å². The molecule has 0 spiro atoms. The third kappa shape index (κ3) is 3.07. The number of aliphatic hydroxyl groups is 3. The molecule has 4 saturated carbocycles. The highest BCUT2D eigenvalue weighted by Gasteiger charge is 2.70. The van der Waals surface area contributed by atoms with Crippen LogP contribution in [-0.2, 0) is 4.79 Å². The highest BCUT2D eigenvalue weighted by molar-refractivity contribution is 5.76. The van der Waals surface area contributed by atoms with Crippen LogP contribution in [0.25, 0.3) is 0 Å². The van der Waals surface area contributed by atoms with Crippen molar-refractivity contribution >= 4 is 5.97 Å². The molecule has 198 valence electrons. The summed E-state index contributed by atoms with van der Waals surface area (Å²) in [4.78, 5) is 12.8. The lowest BCUT2D eigenvalue weighted by Crippen LogP contribution is -2.68. The molecule has 0 saturated heterocycles. The maximum atomic E-state index is 12.8. The Labute approximate surface area is 211 Å². The molecule has 5 rings (SSSR count). The molecule has 0 aliphatic heterocycles. The summed E-state index contributed by atoms with van der Waals surface area (Å²) in [7, 11) is 0. The smallest absolute Gasteiger partial charge is 0.310 e. The number of hydrogen-bond donors (Lipinski definition) is 4. The van der Waals surface area contributed by atoms with Gasteiger partial charge in [-0.3, -0.25) is 4.79 Å². The monoisotopic (exact) mass is 488 g/mol. The molecule has 2 unspecified atom stereocenters. The van der Waals surface area contributed by atoms with E-state index in [1.54, 1.807) is 0 Å². The molecule has 4 fully saturated rings. The Morgan fingerprint density at radius 1 is 0.943 bits per heavy atom. The van der Waals surface area contributed by atoms with E-state index in [2.05, 4.69) is 40.7 Å². The van der Waals surface area contributed by atoms with Crippen molar-refractivity contribution in [2.45, 2.75) is 112 Å². The maximum Gasteiger partial charge on any atom is 0.310 e. The van der Waals surface area contributed by atoms with E-state index >= 15 is 0 Å². The summed E-state index contributed by atoms with van der Waals surface area (Å²) in [5.41, 5.74) is -0.0632. The number of carboxylic acid groups (broad SMARTS) is 1. The summed E-state index contributed by atoms with van der Waals surface area (Å²) >= 11 is 0. The first-order chi connectivity index (χ1) is 16.1. The van der Waals surface area contributed by atoms with E-state index < -0.39 is 29.0 Å². The number of carbonyl (C=O) groups is 1. The van der Waals surface area contributed by atoms with E-state index in [-0.39, 0.29) is 40.1 Å². The number of fused-ring (bicyclic) bond motifs is 7. The van der Waals surface area contributed by atoms with Crippen molar-refractivity contribution in [2.75, 3.05) is 6.61 Å². The van der Waals surface area contributed by atoms with Crippen molar-refractivity contribution in [3.8, 4) is 0 Å². The Bertz CT molecular complexity index is 941. The van der Waals surface area contributed by atoms with E-state index in [1.807, 2.05) is 6.92 Å². The molecular formula is C30H48O5. The van der Waals surface area contributed by atoms with Crippen LogP contribution in [0, 0.1) is 50.2 Å². The van der Waals surface area contributed by atoms with Gasteiger partial charge in [0.1, 0.15) is 0 Å². The van der Waals surface area contributed by atoms with Crippen LogP contribution in [0.5, 0.6) is 0 Å². The highest BCUT2D eigenvalue weighted by atomic mass is 16.4. The molecule has 5 nitrogen and oxygen atoms in total. The van der Waals surface area contributed by atoms with E-state index in [9.17, 15) is 25.2 Å². The predicted octanol–water partition coefficient (Wildman–Crippen LogP) is 5.18. The van der Waals surface area contributed by atoms with E-state index in [0.717, 1.165) is 51.4 Å². The zero-order valence-electron chi connectivity index (χ0n) is 22.7. The van der Waals surface area contributed by atoms with Gasteiger partial charge in [0.15, 0.2) is 0 Å². The number of rotatable bonds is 2. The summed E-state index contributed by atoms with van der Waals surface area (Å²) in [6, 6.07) is 0. The predicted molar refractivity (Wildman–Crippen MR) is 135 cm³/mol. The first-order valence-corrected chi connectivity index (χ1v) is 14.0. The van der Waals surface area contributed by atoms with E-state index in [1.165, 1.54) is 5.57 Å². The largest absolute Gasteiger partial charge is 0.481 e. The number of hydrogen-bond acceptors (Lipinski definition) is 4. The second-order valence-corrected chi connectivity index (χ2v) is 15.1. The molecular weight excluding hydrogens is 440 g/mol. The molecule has 0 amide bonds. The summed E-state index contributed by atoms with van der Waals surface area (Å²) in [6.45, 7) is 13.6. The van der Waals surface area contributed by atoms with Crippen LogP contribution in [0.15, 0.2) is 11.6 Å². The molecule has 10 atom stereocenters. The fraction of sp³-hybridized carbons (Fsp3) is 0.900. The summed E-state index contributed by atoms with van der Waals surface area (Å²) in [5.74, 6) is -0.0472. The second-order valence-electron chi connectivity index (χ2n) is 15.1. The lowest BCUT2D eigenvalue weighted by atomic mass is 9.33. The minimum atomic E-state index is -0.907. The normalized spacial score (nSPS) is 55.0. The number of carboxylic acids is 1. The summed E-state index contributed by atoms with van der Waals surface area (Å²) < 4.78 is 0. The highest BCUT2D eigenvalue weighted by Crippen LogP contribution is 2.75. The van der Waals surface area contributed by atoms with Gasteiger partial charge in [-0.25, -0.2) is 0 Å². The molecule has 0 aromatic heterocycles. The Kier molecular flexibility index (Phi) is 5.56. The van der Waals surface area contributed by atoms with Gasteiger partial charge in [-0.15, -0.1) is 0 Å². The van der Waals surface area contributed by atoms with Crippen LogP contribution >= 0.6 is 0 Å². The lowest BCUT2D eigenvalue weighted by Gasteiger charge is -2.71. The zero-order chi connectivity index (χ0) is 25.8. The molecule has 0 aromatic carbocycles. The standard InChI is InChI=1S/C30H48O5/c1-25(2)11-13-30(24(34)35)14-12-28(5)18(19(30)15-25)7-8-22-26(3)16-20(32)23(33)27(4,17-31)21(26)9-10-29(22,28)6/h7,19-23,31-33H,8-17H2,1-6H3,(H,34,35)/t19-,20?,21+,22+,23?,26+,27+,28-,29-,30+/m1/s1. The van der Waals surface area contributed by atoms with Crippen molar-refractivity contribution in [3.05, 3.63) is 11.6 Å². The second kappa shape index (κ2) is 7.57. The summed E-state index contributed by atoms with van der Waals surface area (Å²) in [5, 5.41) is 42.8. The van der Waals surface area contributed by atoms with Gasteiger partial charge in [0.25, 0.3) is 0 Å². The van der Waals surface area contributed by atoms with Crippen molar-refractivity contribution in [2.24, 2.45) is 50.2 Å². The van der Waals surface area contributed by atoms with Crippen LogP contribution in [-0.4, -0.2) is 45.2 Å². The molecule has 5 heteroatoms. The first-order valence-electron chi connectivity index (χ1n) is 14.0. The van der Waals surface area contributed by atoms with E-state index in [0.29, 0.717) is 12.3 Å². The molecule has 0 radical (unpaired) electrons. The van der Waals surface area contributed by atoms with Crippen LogP contribution in [0.4, 0.5) is 0 Å². The topological polar surface area (TPSA) is 98.0 Å². The van der Waals surface area contributed by atoms with Gasteiger partial charge in [0.2, 0.25) is 0 Å². The molecule has 5 aliphatic carbocycles. The Hall–Kier alpha value is -0.910. The van der Waals surface area contributed by atoms with Gasteiger partial charge in [-0.2, -0.15) is 0 Å². The van der Waals surface area contributed by atoms with Crippen molar-refractivity contribution in [1.29, 1.82) is 0 Å². The van der Waals surface area contributed by atoms with Gasteiger partial charge in [-0.1, -0.05) is 53.2 Å². The maximum absolute atomic E-state index is 12.8. The van der Waals surface area contributed by atoms with Gasteiger partial charge in [-0.05, 0) is 97.2 Å². The van der Waals surface area contributed by atoms with Gasteiger partial charge in [0, 0.05) is 5.41 Å². The van der Waals surface area contributed by atoms with Crippen LogP contribution in [0.2, 0.25) is 0 Å². The van der Waals surface area contributed by atoms with Crippen molar-refractivity contribution in [3.63, 3.8) is 0 Å². The minimum Gasteiger partial charge on any atom is -0.481 e. The third-order valence-corrected chi connectivity index (χ3v) is 13.2. The average molecular weight is 489 g/mol. The van der Waals surface area contributed by atoms with E-state index in [4.69, 9.17) is 0 Å². The fourth-order valence-electron chi connectivity index (χ4n) is 10.8. The summed E-state index contributed by atoms with van der Waals surface area (Å²) in [6.07, 6.45) is 8.40. The SMILES string of the molecule is CC1(C)CC[C@]2(C(=O)O)CC[C@]3(C)C(=CC[C@H]4[C@@]5(C)CC(O)C(O)[C@@](C)(CO)[C@H]5CC[C@]43C)[C@H]2C1. The quantitative estimate of drug-likeness (QED) is 0.402. The Balaban J connectivity index is 1.61. The number of aliphatic carboxylic acids is 1. The number of allylic oxidation sites excluding steroid dienone is 2. The van der Waals surface area contributed by atoms with Crippen LogP contribution in [0.3, 0.4) is 0 Å². The molecule has 35 heavy (non-hydrogen) atoms. The molecule has 5 aliphatic rings. The van der Waals surface area contributed by atoms with Crippen molar-refractivity contribution < 1.29 is 25.2 Å². The number of aliphatic hydroxyl groups excluding tert-OH is 3. The molecule has 0 aromatic rings. The Morgan fingerprint density at radius 2 is 1.60 bits per heavy atom.